The van der Waals surface area contributed by atoms with Crippen LogP contribution in [0.1, 0.15) is 17.7 Å². The molecule has 0 aliphatic rings. The lowest BCUT2D eigenvalue weighted by Crippen LogP contribution is -2.38. The third-order valence-corrected chi connectivity index (χ3v) is 3.57. The Hall–Kier alpha value is -3.06. The molecule has 0 spiro atoms. The van der Waals surface area contributed by atoms with Crippen LogP contribution in [-0.2, 0) is 6.54 Å². The van der Waals surface area contributed by atoms with E-state index in [1.807, 2.05) is 48.6 Å². The summed E-state index contributed by atoms with van der Waals surface area (Å²) < 4.78 is 1.49. The van der Waals surface area contributed by atoms with Crippen molar-refractivity contribution >= 4 is 17.0 Å². The molecule has 3 rings (SSSR count). The number of allylic oxidation sites excluding steroid dienone is 1. The monoisotopic (exact) mass is 289 g/mol. The highest BCUT2D eigenvalue weighted by Gasteiger charge is 2.18. The Balaban J connectivity index is 1.81. The molecule has 0 aliphatic carbocycles. The Bertz CT molecular complexity index is 857. The molecule has 0 amide bonds. The first kappa shape index (κ1) is 13.9. The SMILES string of the molecule is N#Cc1c2ccccc2[n+]([O-])n1CC/C=C\c1ccccc1. The van der Waals surface area contributed by atoms with Crippen molar-refractivity contribution in [2.45, 2.75) is 13.0 Å². The summed E-state index contributed by atoms with van der Waals surface area (Å²) >= 11 is 0. The maximum atomic E-state index is 12.3. The van der Waals surface area contributed by atoms with Gasteiger partial charge in [0, 0.05) is 6.07 Å². The average molecular weight is 289 g/mol. The molecular formula is C18H15N3O. The van der Waals surface area contributed by atoms with E-state index in [0.717, 1.165) is 10.4 Å². The smallest absolute Gasteiger partial charge is 0.252 e. The maximum Gasteiger partial charge on any atom is 0.252 e. The molecule has 0 unspecified atom stereocenters. The van der Waals surface area contributed by atoms with Crippen molar-refractivity contribution in [3.8, 4) is 6.07 Å². The Morgan fingerprint density at radius 3 is 2.59 bits per heavy atom. The molecule has 4 nitrogen and oxygen atoms in total. The predicted octanol–water partition coefficient (Wildman–Crippen LogP) is 3.25. The zero-order chi connectivity index (χ0) is 15.4. The van der Waals surface area contributed by atoms with Gasteiger partial charge in [0.1, 0.15) is 6.07 Å². The van der Waals surface area contributed by atoms with Gasteiger partial charge >= 0.3 is 0 Å². The first-order chi connectivity index (χ1) is 10.8. The molecule has 22 heavy (non-hydrogen) atoms. The van der Waals surface area contributed by atoms with Gasteiger partial charge in [0.05, 0.1) is 11.9 Å². The van der Waals surface area contributed by atoms with Gasteiger partial charge in [0.15, 0.2) is 5.69 Å². The van der Waals surface area contributed by atoms with Crippen molar-refractivity contribution in [3.63, 3.8) is 0 Å². The first-order valence-electron chi connectivity index (χ1n) is 7.14. The van der Waals surface area contributed by atoms with Crippen molar-refractivity contribution in [3.05, 3.63) is 77.1 Å². The van der Waals surface area contributed by atoms with Crippen LogP contribution in [0.25, 0.3) is 17.0 Å². The average Bonchev–Trinajstić information content (AvgIpc) is 2.85. The number of aromatic nitrogens is 2. The number of benzene rings is 2. The van der Waals surface area contributed by atoms with Crippen LogP contribution in [0, 0.1) is 16.5 Å². The summed E-state index contributed by atoms with van der Waals surface area (Å²) in [6, 6.07) is 19.3. The van der Waals surface area contributed by atoms with E-state index >= 15 is 0 Å². The summed E-state index contributed by atoms with van der Waals surface area (Å²) in [5.74, 6) is 0. The molecule has 4 heteroatoms. The van der Waals surface area contributed by atoms with Crippen LogP contribution < -0.4 is 4.85 Å². The minimum Gasteiger partial charge on any atom is -0.595 e. The molecule has 0 N–H and O–H groups in total. The molecule has 1 aromatic heterocycles. The second-order valence-electron chi connectivity index (χ2n) is 4.98. The molecule has 0 saturated heterocycles. The van der Waals surface area contributed by atoms with Gasteiger partial charge in [-0.05, 0) is 18.1 Å². The standard InChI is InChI=1S/C18H15N3O/c19-14-18-16-11-4-5-12-17(16)21(22)20(18)13-7-6-10-15-8-2-1-3-9-15/h1-6,8-12H,7,13H2/b10-6-. The first-order valence-corrected chi connectivity index (χ1v) is 7.14. The van der Waals surface area contributed by atoms with E-state index in [0.29, 0.717) is 29.6 Å². The molecule has 0 fully saturated rings. The highest BCUT2D eigenvalue weighted by Crippen LogP contribution is 2.16. The minimum absolute atomic E-state index is 0.415. The lowest BCUT2D eigenvalue weighted by Gasteiger charge is -2.02. The molecule has 0 radical (unpaired) electrons. The Morgan fingerprint density at radius 1 is 1.09 bits per heavy atom. The fourth-order valence-electron chi connectivity index (χ4n) is 2.50. The zero-order valence-corrected chi connectivity index (χ0v) is 12.0. The summed E-state index contributed by atoms with van der Waals surface area (Å²) in [5.41, 5.74) is 2.07. The summed E-state index contributed by atoms with van der Waals surface area (Å²) in [5, 5.41) is 22.3. The summed E-state index contributed by atoms with van der Waals surface area (Å²) in [7, 11) is 0. The molecule has 1 heterocycles. The number of rotatable bonds is 4. The molecule has 0 saturated carbocycles. The maximum absolute atomic E-state index is 12.3. The normalized spacial score (nSPS) is 11.0. The second-order valence-corrected chi connectivity index (χ2v) is 4.98. The zero-order valence-electron chi connectivity index (χ0n) is 12.0. The molecule has 0 atom stereocenters. The van der Waals surface area contributed by atoms with Gasteiger partial charge in [-0.3, -0.25) is 0 Å². The van der Waals surface area contributed by atoms with Crippen LogP contribution in [0.5, 0.6) is 0 Å². The Kier molecular flexibility index (Phi) is 3.88. The van der Waals surface area contributed by atoms with Crippen LogP contribution in [0.4, 0.5) is 0 Å². The van der Waals surface area contributed by atoms with Crippen molar-refractivity contribution < 1.29 is 4.85 Å². The van der Waals surface area contributed by atoms with Crippen molar-refractivity contribution in [1.82, 2.24) is 4.68 Å². The Labute approximate surface area is 128 Å². The van der Waals surface area contributed by atoms with E-state index in [9.17, 15) is 10.5 Å². The van der Waals surface area contributed by atoms with Crippen LogP contribution in [0.3, 0.4) is 0 Å². The third kappa shape index (κ3) is 2.57. The molecule has 3 aromatic rings. The number of para-hydroxylation sites is 1. The highest BCUT2D eigenvalue weighted by atomic mass is 16.5. The van der Waals surface area contributed by atoms with Crippen LogP contribution in [0.15, 0.2) is 60.7 Å². The summed E-state index contributed by atoms with van der Waals surface area (Å²) in [6.07, 6.45) is 4.72. The fraction of sp³-hybridized carbons (Fsp3) is 0.111. The van der Waals surface area contributed by atoms with E-state index in [4.69, 9.17) is 0 Å². The van der Waals surface area contributed by atoms with E-state index in [1.54, 1.807) is 18.2 Å². The molecule has 0 aliphatic heterocycles. The summed E-state index contributed by atoms with van der Waals surface area (Å²) in [6.45, 7) is 0.477. The quantitative estimate of drug-likeness (QED) is 0.547. The van der Waals surface area contributed by atoms with E-state index in [-0.39, 0.29) is 0 Å². The largest absolute Gasteiger partial charge is 0.595 e. The number of nitrogens with zero attached hydrogens (tertiary/aromatic N) is 3. The minimum atomic E-state index is 0.415. The van der Waals surface area contributed by atoms with Crippen molar-refractivity contribution in [1.29, 1.82) is 5.26 Å². The number of nitriles is 1. The number of hydrogen-bond acceptors (Lipinski definition) is 2. The second kappa shape index (κ2) is 6.15. The lowest BCUT2D eigenvalue weighted by atomic mass is 10.2. The van der Waals surface area contributed by atoms with Crippen LogP contribution >= 0.6 is 0 Å². The third-order valence-electron chi connectivity index (χ3n) is 3.57. The van der Waals surface area contributed by atoms with Gasteiger partial charge in [0.25, 0.3) is 5.52 Å². The Morgan fingerprint density at radius 2 is 1.82 bits per heavy atom. The van der Waals surface area contributed by atoms with Gasteiger partial charge in [-0.15, -0.1) is 4.68 Å². The lowest BCUT2D eigenvalue weighted by molar-refractivity contribution is -0.670. The van der Waals surface area contributed by atoms with Gasteiger partial charge in [-0.2, -0.15) is 5.26 Å². The fourth-order valence-corrected chi connectivity index (χ4v) is 2.50. The topological polar surface area (TPSA) is 55.7 Å². The van der Waals surface area contributed by atoms with Gasteiger partial charge in [-0.25, -0.2) is 0 Å². The molecule has 2 aromatic carbocycles. The van der Waals surface area contributed by atoms with Crippen LogP contribution in [0.2, 0.25) is 0 Å². The molecule has 108 valence electrons. The van der Waals surface area contributed by atoms with Gasteiger partial charge in [-0.1, -0.05) is 59.5 Å². The van der Waals surface area contributed by atoms with Crippen LogP contribution in [-0.4, -0.2) is 4.68 Å². The van der Waals surface area contributed by atoms with Crippen molar-refractivity contribution in [2.75, 3.05) is 0 Å². The van der Waals surface area contributed by atoms with E-state index in [1.165, 1.54) is 4.68 Å². The highest BCUT2D eigenvalue weighted by molar-refractivity contribution is 5.81. The molecule has 0 bridgehead atoms. The van der Waals surface area contributed by atoms with Gasteiger partial charge < -0.3 is 5.21 Å². The summed E-state index contributed by atoms with van der Waals surface area (Å²) in [4.78, 5) is 0.810. The van der Waals surface area contributed by atoms with Gasteiger partial charge in [0.2, 0.25) is 0 Å². The molecular weight excluding hydrogens is 274 g/mol. The van der Waals surface area contributed by atoms with E-state index < -0.39 is 0 Å². The number of fused-ring (bicyclic) bond motifs is 1. The van der Waals surface area contributed by atoms with E-state index in [2.05, 4.69) is 6.07 Å². The van der Waals surface area contributed by atoms with Crippen molar-refractivity contribution in [2.24, 2.45) is 0 Å². The number of hydrogen-bond donors (Lipinski definition) is 0. The predicted molar refractivity (Wildman–Crippen MR) is 85.7 cm³/mol.